The van der Waals surface area contributed by atoms with Crippen LogP contribution < -0.4 is 14.2 Å². The van der Waals surface area contributed by atoms with Crippen LogP contribution >= 0.6 is 0 Å². The van der Waals surface area contributed by atoms with E-state index in [0.717, 1.165) is 5.56 Å². The predicted molar refractivity (Wildman–Crippen MR) is 116 cm³/mol. The summed E-state index contributed by atoms with van der Waals surface area (Å²) in [6, 6.07) is 7.37. The highest BCUT2D eigenvalue weighted by molar-refractivity contribution is 5.63. The number of fused-ring (bicyclic) bond motifs is 1. The summed E-state index contributed by atoms with van der Waals surface area (Å²) in [7, 11) is 1.58. The summed E-state index contributed by atoms with van der Waals surface area (Å²) in [6.07, 6.45) is -6.96. The molecule has 5 N–H and O–H groups in total. The van der Waals surface area contributed by atoms with Crippen molar-refractivity contribution in [2.75, 3.05) is 13.7 Å². The second-order valence-electron chi connectivity index (χ2n) is 8.71. The fraction of sp³-hybridized carbons (Fsp3) is 0.500. The van der Waals surface area contributed by atoms with Gasteiger partial charge in [0.1, 0.15) is 53.5 Å². The number of benzene rings is 2. The van der Waals surface area contributed by atoms with Crippen molar-refractivity contribution in [2.45, 2.75) is 62.9 Å². The second-order valence-corrected chi connectivity index (χ2v) is 8.71. The van der Waals surface area contributed by atoms with Crippen LogP contribution in [0.2, 0.25) is 0 Å². The molecule has 10 nitrogen and oxygen atoms in total. The minimum Gasteiger partial charge on any atom is -0.507 e. The molecule has 0 aromatic heterocycles. The van der Waals surface area contributed by atoms with Crippen LogP contribution in [0.15, 0.2) is 24.3 Å². The molecule has 3 aliphatic rings. The Hall–Kier alpha value is -2.60. The highest BCUT2D eigenvalue weighted by atomic mass is 16.7. The van der Waals surface area contributed by atoms with Crippen molar-refractivity contribution in [3.05, 3.63) is 46.5 Å². The van der Waals surface area contributed by atoms with Crippen LogP contribution in [-0.2, 0) is 16.1 Å². The highest BCUT2D eigenvalue weighted by Gasteiger charge is 2.51. The van der Waals surface area contributed by atoms with Gasteiger partial charge in [-0.15, -0.1) is 0 Å². The van der Waals surface area contributed by atoms with E-state index in [9.17, 15) is 25.5 Å². The van der Waals surface area contributed by atoms with Crippen molar-refractivity contribution in [2.24, 2.45) is 0 Å². The quantitative estimate of drug-likeness (QED) is 0.433. The van der Waals surface area contributed by atoms with Gasteiger partial charge in [-0.25, -0.2) is 0 Å². The van der Waals surface area contributed by atoms with Crippen LogP contribution in [0, 0.1) is 6.92 Å². The van der Waals surface area contributed by atoms with Gasteiger partial charge in [-0.3, -0.25) is 0 Å². The Morgan fingerprint density at radius 3 is 2.35 bits per heavy atom. The van der Waals surface area contributed by atoms with E-state index in [1.807, 2.05) is 24.3 Å². The molecule has 0 spiro atoms. The molecule has 0 saturated carbocycles. The Morgan fingerprint density at radius 1 is 0.971 bits per heavy atom. The third kappa shape index (κ3) is 3.58. The molecule has 7 atom stereocenters. The van der Waals surface area contributed by atoms with E-state index < -0.39 is 56.1 Å². The van der Waals surface area contributed by atoms with Gasteiger partial charge in [-0.05, 0) is 24.6 Å². The number of aromatic hydroxyl groups is 1. The summed E-state index contributed by atoms with van der Waals surface area (Å²) >= 11 is 0. The fourth-order valence-electron chi connectivity index (χ4n) is 4.89. The molecule has 0 bridgehead atoms. The van der Waals surface area contributed by atoms with E-state index in [1.54, 1.807) is 14.0 Å². The molecule has 2 aromatic carbocycles. The van der Waals surface area contributed by atoms with Crippen LogP contribution in [-0.4, -0.2) is 70.0 Å². The average Bonchev–Trinajstić information content (AvgIpc) is 3.02. The Kier molecular flexibility index (Phi) is 6.05. The van der Waals surface area contributed by atoms with Crippen molar-refractivity contribution >= 4 is 0 Å². The number of methoxy groups -OCH3 is 1. The number of phenols is 1. The van der Waals surface area contributed by atoms with Crippen LogP contribution in [0.4, 0.5) is 0 Å². The molecule has 1 fully saturated rings. The predicted octanol–water partition coefficient (Wildman–Crippen LogP) is 0.983. The van der Waals surface area contributed by atoms with Gasteiger partial charge in [0.15, 0.2) is 0 Å². The number of aliphatic hydroxyl groups is 4. The lowest BCUT2D eigenvalue weighted by atomic mass is 9.90. The highest BCUT2D eigenvalue weighted by Crippen LogP contribution is 2.55. The number of ether oxygens (including phenoxy) is 5. The van der Waals surface area contributed by atoms with Crippen LogP contribution in [0.25, 0.3) is 0 Å². The molecule has 3 heterocycles. The molecule has 1 saturated heterocycles. The summed E-state index contributed by atoms with van der Waals surface area (Å²) < 4.78 is 29.6. The molecule has 0 radical (unpaired) electrons. The zero-order chi connectivity index (χ0) is 24.1. The lowest BCUT2D eigenvalue weighted by Gasteiger charge is -2.41. The molecular weight excluding hydrogens is 448 g/mol. The maximum atomic E-state index is 10.8. The summed E-state index contributed by atoms with van der Waals surface area (Å²) in [6.45, 7) is 0.614. The Balaban J connectivity index is 1.61. The molecule has 0 unspecified atom stereocenters. The van der Waals surface area contributed by atoms with Crippen LogP contribution in [0.1, 0.15) is 40.9 Å². The van der Waals surface area contributed by atoms with Gasteiger partial charge in [0, 0.05) is 12.0 Å². The molecule has 0 aliphatic carbocycles. The summed E-state index contributed by atoms with van der Waals surface area (Å²) in [5.41, 5.74) is 1.90. The second kappa shape index (κ2) is 8.88. The van der Waals surface area contributed by atoms with Crippen molar-refractivity contribution in [3.63, 3.8) is 0 Å². The van der Waals surface area contributed by atoms with Gasteiger partial charge in [-0.1, -0.05) is 12.1 Å². The Morgan fingerprint density at radius 2 is 1.71 bits per heavy atom. The SMILES string of the molecule is COc1ccc([C@H]2C[C@@H]3O[C@H]4[C@H](Oc5c(CO)c(O)c(C)c(c53)O2)O[C@H](CO)[C@@H](O)[C@@H]4O)cc1. The number of hydrogen-bond acceptors (Lipinski definition) is 10. The normalized spacial score (nSPS) is 32.0. The lowest BCUT2D eigenvalue weighted by molar-refractivity contribution is -0.292. The topological polar surface area (TPSA) is 147 Å². The minimum absolute atomic E-state index is 0.141. The van der Waals surface area contributed by atoms with Gasteiger partial charge in [-0.2, -0.15) is 0 Å². The Bertz CT molecular complexity index is 1050. The molecule has 34 heavy (non-hydrogen) atoms. The monoisotopic (exact) mass is 476 g/mol. The van der Waals surface area contributed by atoms with E-state index >= 15 is 0 Å². The van der Waals surface area contributed by atoms with E-state index in [-0.39, 0.29) is 17.1 Å². The molecule has 5 rings (SSSR count). The lowest BCUT2D eigenvalue weighted by Crippen LogP contribution is -2.60. The average molecular weight is 476 g/mol. The molecule has 0 amide bonds. The first-order valence-electron chi connectivity index (χ1n) is 11.1. The van der Waals surface area contributed by atoms with E-state index in [4.69, 9.17) is 23.7 Å². The van der Waals surface area contributed by atoms with E-state index in [2.05, 4.69) is 0 Å². The zero-order valence-corrected chi connectivity index (χ0v) is 18.7. The summed E-state index contributed by atoms with van der Waals surface area (Å²) in [5.74, 6) is 1.01. The van der Waals surface area contributed by atoms with Crippen molar-refractivity contribution in [1.29, 1.82) is 0 Å². The van der Waals surface area contributed by atoms with Gasteiger partial charge in [0.05, 0.1) is 37.6 Å². The number of aliphatic hydroxyl groups excluding tert-OH is 4. The van der Waals surface area contributed by atoms with Gasteiger partial charge < -0.3 is 49.2 Å². The summed E-state index contributed by atoms with van der Waals surface area (Å²) in [5, 5.41) is 51.6. The minimum atomic E-state index is -1.40. The van der Waals surface area contributed by atoms with E-state index in [0.29, 0.717) is 29.0 Å². The van der Waals surface area contributed by atoms with Crippen LogP contribution in [0.5, 0.6) is 23.0 Å². The van der Waals surface area contributed by atoms with E-state index in [1.165, 1.54) is 0 Å². The molecule has 2 aromatic rings. The van der Waals surface area contributed by atoms with Gasteiger partial charge in [0.25, 0.3) is 0 Å². The number of rotatable bonds is 4. The number of hydrogen-bond donors (Lipinski definition) is 5. The summed E-state index contributed by atoms with van der Waals surface area (Å²) in [4.78, 5) is 0. The first-order chi connectivity index (χ1) is 16.4. The van der Waals surface area contributed by atoms with Gasteiger partial charge in [0.2, 0.25) is 6.29 Å². The third-order valence-corrected chi connectivity index (χ3v) is 6.78. The fourth-order valence-corrected chi connectivity index (χ4v) is 4.89. The third-order valence-electron chi connectivity index (χ3n) is 6.78. The largest absolute Gasteiger partial charge is 0.507 e. The molecule has 3 aliphatic heterocycles. The molecule has 10 heteroatoms. The van der Waals surface area contributed by atoms with Gasteiger partial charge >= 0.3 is 0 Å². The maximum Gasteiger partial charge on any atom is 0.229 e. The standard InChI is InChI=1S/C24H28O10/c1-10-18(27)13(8-25)22-17-15(32-23-20(29)19(28)16(9-26)33-24(23)34-22)7-14(31-21(10)17)11-3-5-12(30-2)6-4-11/h3-6,14-16,19-20,23-29H,7-9H2,1-2H3/t14-,15+,16-,19-,20+,23-,24+/m1/s1. The van der Waals surface area contributed by atoms with Crippen molar-refractivity contribution < 1.29 is 49.2 Å². The molecule has 184 valence electrons. The first kappa shape index (κ1) is 23.2. The van der Waals surface area contributed by atoms with Crippen LogP contribution in [0.3, 0.4) is 0 Å². The maximum absolute atomic E-state index is 10.8. The van der Waals surface area contributed by atoms with Crippen molar-refractivity contribution in [3.8, 4) is 23.0 Å². The zero-order valence-electron chi connectivity index (χ0n) is 18.7. The Labute approximate surface area is 195 Å². The smallest absolute Gasteiger partial charge is 0.229 e. The molecular formula is C24H28O10. The van der Waals surface area contributed by atoms with Crippen molar-refractivity contribution in [1.82, 2.24) is 0 Å². The first-order valence-corrected chi connectivity index (χ1v) is 11.1.